The van der Waals surface area contributed by atoms with Gasteiger partial charge in [-0.3, -0.25) is 14.4 Å². The molecule has 1 aliphatic heterocycles. The van der Waals surface area contributed by atoms with Gasteiger partial charge in [-0.15, -0.1) is 0 Å². The zero-order chi connectivity index (χ0) is 19.4. The predicted octanol–water partition coefficient (Wildman–Crippen LogP) is 3.19. The molecule has 1 saturated heterocycles. The van der Waals surface area contributed by atoms with Crippen LogP contribution < -0.4 is 10.6 Å². The maximum Gasteiger partial charge on any atom is 0.229 e. The van der Waals surface area contributed by atoms with E-state index in [4.69, 9.17) is 0 Å². The number of rotatable bonds is 4. The number of carbonyl (C=O) groups excluding carboxylic acids is 3. The molecule has 1 fully saturated rings. The number of anilines is 2. The molecule has 3 rings (SSSR count). The van der Waals surface area contributed by atoms with Crippen molar-refractivity contribution in [3.63, 3.8) is 0 Å². The first-order chi connectivity index (χ1) is 13.0. The molecule has 0 saturated carbocycles. The van der Waals surface area contributed by atoms with Crippen LogP contribution in [0.1, 0.15) is 31.4 Å². The van der Waals surface area contributed by atoms with E-state index >= 15 is 0 Å². The summed E-state index contributed by atoms with van der Waals surface area (Å²) >= 11 is 0. The molecular formula is C21H23N3O3. The van der Waals surface area contributed by atoms with Gasteiger partial charge in [0.25, 0.3) is 0 Å². The van der Waals surface area contributed by atoms with Crippen molar-refractivity contribution in [1.82, 2.24) is 4.90 Å². The lowest BCUT2D eigenvalue weighted by atomic mass is 9.84. The molecule has 2 N–H and O–H groups in total. The van der Waals surface area contributed by atoms with Crippen molar-refractivity contribution >= 4 is 29.1 Å². The lowest BCUT2D eigenvalue weighted by Crippen LogP contribution is -2.44. The molecule has 2 unspecified atom stereocenters. The first-order valence-electron chi connectivity index (χ1n) is 8.95. The van der Waals surface area contributed by atoms with E-state index < -0.39 is 0 Å². The SMILES string of the molecule is CC(=O)Nc1cccc(NC(=O)C2CCC(=O)N(C)C2c2ccccc2)c1. The van der Waals surface area contributed by atoms with Gasteiger partial charge < -0.3 is 15.5 Å². The Balaban J connectivity index is 1.82. The summed E-state index contributed by atoms with van der Waals surface area (Å²) in [4.78, 5) is 38.1. The van der Waals surface area contributed by atoms with Crippen LogP contribution in [0.4, 0.5) is 11.4 Å². The van der Waals surface area contributed by atoms with Gasteiger partial charge in [-0.25, -0.2) is 0 Å². The Kier molecular flexibility index (Phi) is 5.54. The lowest BCUT2D eigenvalue weighted by Gasteiger charge is -2.38. The lowest BCUT2D eigenvalue weighted by molar-refractivity contribution is -0.140. The topological polar surface area (TPSA) is 78.5 Å². The van der Waals surface area contributed by atoms with Gasteiger partial charge in [0.2, 0.25) is 17.7 Å². The Morgan fingerprint density at radius 3 is 2.33 bits per heavy atom. The minimum Gasteiger partial charge on any atom is -0.338 e. The minimum absolute atomic E-state index is 0.0422. The minimum atomic E-state index is -0.348. The van der Waals surface area contributed by atoms with Crippen molar-refractivity contribution in [1.29, 1.82) is 0 Å². The fraction of sp³-hybridized carbons (Fsp3) is 0.286. The van der Waals surface area contributed by atoms with E-state index in [9.17, 15) is 14.4 Å². The maximum atomic E-state index is 13.0. The summed E-state index contributed by atoms with van der Waals surface area (Å²) in [5.41, 5.74) is 2.17. The normalized spacial score (nSPS) is 19.5. The highest BCUT2D eigenvalue weighted by Gasteiger charge is 2.38. The average Bonchev–Trinajstić information content (AvgIpc) is 2.64. The Bertz CT molecular complexity index is 851. The number of hydrogen-bond donors (Lipinski definition) is 2. The zero-order valence-electron chi connectivity index (χ0n) is 15.4. The van der Waals surface area contributed by atoms with Crippen molar-refractivity contribution in [2.75, 3.05) is 17.7 Å². The molecule has 0 spiro atoms. The van der Waals surface area contributed by atoms with Gasteiger partial charge in [0.15, 0.2) is 0 Å². The van der Waals surface area contributed by atoms with Gasteiger partial charge in [-0.05, 0) is 30.2 Å². The van der Waals surface area contributed by atoms with Crippen LogP contribution in [0.2, 0.25) is 0 Å². The molecule has 6 heteroatoms. The second kappa shape index (κ2) is 8.03. The smallest absolute Gasteiger partial charge is 0.229 e. The van der Waals surface area contributed by atoms with E-state index in [0.717, 1.165) is 5.56 Å². The summed E-state index contributed by atoms with van der Waals surface area (Å²) < 4.78 is 0. The molecule has 1 heterocycles. The van der Waals surface area contributed by atoms with Crippen LogP contribution in [0.3, 0.4) is 0 Å². The van der Waals surface area contributed by atoms with Crippen LogP contribution in [-0.4, -0.2) is 29.7 Å². The van der Waals surface area contributed by atoms with Crippen molar-refractivity contribution < 1.29 is 14.4 Å². The third kappa shape index (κ3) is 4.34. The Hall–Kier alpha value is -3.15. The summed E-state index contributed by atoms with van der Waals surface area (Å²) in [7, 11) is 1.75. The van der Waals surface area contributed by atoms with E-state index in [-0.39, 0.29) is 29.7 Å². The fourth-order valence-electron chi connectivity index (χ4n) is 3.53. The Morgan fingerprint density at radius 1 is 1.00 bits per heavy atom. The van der Waals surface area contributed by atoms with E-state index in [1.807, 2.05) is 30.3 Å². The van der Waals surface area contributed by atoms with Crippen LogP contribution in [0, 0.1) is 5.92 Å². The Labute approximate surface area is 158 Å². The van der Waals surface area contributed by atoms with Crippen LogP contribution in [0.25, 0.3) is 0 Å². The molecule has 0 aromatic heterocycles. The molecule has 2 atom stereocenters. The van der Waals surface area contributed by atoms with E-state index in [1.54, 1.807) is 36.2 Å². The van der Waals surface area contributed by atoms with Crippen LogP contribution in [0.15, 0.2) is 54.6 Å². The van der Waals surface area contributed by atoms with Crippen LogP contribution in [-0.2, 0) is 14.4 Å². The average molecular weight is 365 g/mol. The molecule has 0 radical (unpaired) electrons. The number of benzene rings is 2. The third-order valence-electron chi connectivity index (χ3n) is 4.79. The fourth-order valence-corrected chi connectivity index (χ4v) is 3.53. The molecule has 6 nitrogen and oxygen atoms in total. The highest BCUT2D eigenvalue weighted by Crippen LogP contribution is 2.36. The highest BCUT2D eigenvalue weighted by molar-refractivity contribution is 5.96. The predicted molar refractivity (Wildman–Crippen MR) is 104 cm³/mol. The van der Waals surface area contributed by atoms with Gasteiger partial charge >= 0.3 is 0 Å². The first kappa shape index (κ1) is 18.6. The second-order valence-corrected chi connectivity index (χ2v) is 6.76. The summed E-state index contributed by atoms with van der Waals surface area (Å²) in [6, 6.07) is 16.3. The number of nitrogens with one attached hydrogen (secondary N) is 2. The zero-order valence-corrected chi connectivity index (χ0v) is 15.4. The number of likely N-dealkylation sites (tertiary alicyclic amines) is 1. The van der Waals surface area contributed by atoms with Crippen LogP contribution >= 0.6 is 0 Å². The molecular weight excluding hydrogens is 342 g/mol. The summed E-state index contributed by atoms with van der Waals surface area (Å²) in [6.07, 6.45) is 0.851. The molecule has 27 heavy (non-hydrogen) atoms. The molecule has 2 aromatic rings. The van der Waals surface area contributed by atoms with Crippen LogP contribution in [0.5, 0.6) is 0 Å². The molecule has 1 aliphatic rings. The van der Waals surface area contributed by atoms with Gasteiger partial charge in [-0.2, -0.15) is 0 Å². The largest absolute Gasteiger partial charge is 0.338 e. The standard InChI is InChI=1S/C21H23N3O3/c1-14(25)22-16-9-6-10-17(13-16)23-21(27)18-11-12-19(26)24(2)20(18)15-7-4-3-5-8-15/h3-10,13,18,20H,11-12H2,1-2H3,(H,22,25)(H,23,27). The quantitative estimate of drug-likeness (QED) is 0.873. The highest BCUT2D eigenvalue weighted by atomic mass is 16.2. The van der Waals surface area contributed by atoms with Crippen molar-refractivity contribution in [3.8, 4) is 0 Å². The van der Waals surface area contributed by atoms with Gasteiger partial charge in [0.05, 0.1) is 12.0 Å². The molecule has 0 bridgehead atoms. The summed E-state index contributed by atoms with van der Waals surface area (Å²) in [5.74, 6) is -0.613. The molecule has 3 amide bonds. The number of piperidine rings is 1. The Morgan fingerprint density at radius 2 is 1.67 bits per heavy atom. The van der Waals surface area contributed by atoms with Gasteiger partial charge in [-0.1, -0.05) is 36.4 Å². The monoisotopic (exact) mass is 365 g/mol. The summed E-state index contributed by atoms with van der Waals surface area (Å²) in [5, 5.41) is 5.63. The molecule has 140 valence electrons. The van der Waals surface area contributed by atoms with Crippen molar-refractivity contribution in [2.45, 2.75) is 25.8 Å². The van der Waals surface area contributed by atoms with E-state index in [0.29, 0.717) is 24.2 Å². The number of amides is 3. The number of nitrogens with zero attached hydrogens (tertiary/aromatic N) is 1. The maximum absolute atomic E-state index is 13.0. The number of carbonyl (C=O) groups is 3. The summed E-state index contributed by atoms with van der Waals surface area (Å²) in [6.45, 7) is 1.44. The molecule has 2 aromatic carbocycles. The van der Waals surface area contributed by atoms with Crippen molar-refractivity contribution in [2.24, 2.45) is 5.92 Å². The second-order valence-electron chi connectivity index (χ2n) is 6.76. The van der Waals surface area contributed by atoms with E-state index in [1.165, 1.54) is 6.92 Å². The van der Waals surface area contributed by atoms with Gasteiger partial charge in [0.1, 0.15) is 0 Å². The van der Waals surface area contributed by atoms with Gasteiger partial charge in [0, 0.05) is 31.8 Å². The molecule has 0 aliphatic carbocycles. The number of hydrogen-bond acceptors (Lipinski definition) is 3. The van der Waals surface area contributed by atoms with Crippen molar-refractivity contribution in [3.05, 3.63) is 60.2 Å². The third-order valence-corrected chi connectivity index (χ3v) is 4.79. The first-order valence-corrected chi connectivity index (χ1v) is 8.95. The van der Waals surface area contributed by atoms with E-state index in [2.05, 4.69) is 10.6 Å².